The maximum atomic E-state index is 10.4. The van der Waals surface area contributed by atoms with Gasteiger partial charge in [0.25, 0.3) is 0 Å². The van der Waals surface area contributed by atoms with Crippen LogP contribution < -0.4 is 0 Å². The van der Waals surface area contributed by atoms with Crippen LogP contribution in [0.25, 0.3) is 0 Å². The van der Waals surface area contributed by atoms with Crippen molar-refractivity contribution in [3.8, 4) is 0 Å². The molecule has 0 aliphatic rings. The van der Waals surface area contributed by atoms with Gasteiger partial charge in [-0.1, -0.05) is 26.8 Å². The van der Waals surface area contributed by atoms with Crippen LogP contribution in [0.1, 0.15) is 34.1 Å². The maximum Gasteiger partial charge on any atom is 0.152 e. The fourth-order valence-electron chi connectivity index (χ4n) is 0.578. The van der Waals surface area contributed by atoms with Gasteiger partial charge >= 0.3 is 0 Å². The van der Waals surface area contributed by atoms with E-state index in [0.717, 1.165) is 6.42 Å². The minimum Gasteiger partial charge on any atom is -0.295 e. The average molecular weight is 140 g/mol. The van der Waals surface area contributed by atoms with Crippen molar-refractivity contribution in [3.63, 3.8) is 0 Å². The van der Waals surface area contributed by atoms with Crippen molar-refractivity contribution in [1.82, 2.24) is 0 Å². The molecule has 0 radical (unpaired) electrons. The molecule has 0 aliphatic heterocycles. The quantitative estimate of drug-likeness (QED) is 0.539. The Kier molecular flexibility index (Phi) is 3.34. The Morgan fingerprint density at radius 2 is 1.90 bits per heavy atom. The molecule has 1 heteroatoms. The smallest absolute Gasteiger partial charge is 0.152 e. The summed E-state index contributed by atoms with van der Waals surface area (Å²) in [4.78, 5) is 10.4. The number of rotatable bonds is 2. The molecule has 0 saturated heterocycles. The highest BCUT2D eigenvalue weighted by atomic mass is 16.1. The van der Waals surface area contributed by atoms with Crippen molar-refractivity contribution in [2.24, 2.45) is 5.41 Å². The summed E-state index contributed by atoms with van der Waals surface area (Å²) in [7, 11) is 0. The molecule has 0 rings (SSSR count). The van der Waals surface area contributed by atoms with Gasteiger partial charge in [-0.15, -0.1) is 0 Å². The molecule has 0 N–H and O–H groups in total. The van der Waals surface area contributed by atoms with E-state index in [1.807, 2.05) is 6.08 Å². The molecule has 58 valence electrons. The predicted molar refractivity (Wildman–Crippen MR) is 43.9 cm³/mol. The maximum absolute atomic E-state index is 10.4. The van der Waals surface area contributed by atoms with Gasteiger partial charge in [-0.25, -0.2) is 0 Å². The first kappa shape index (κ1) is 9.41. The van der Waals surface area contributed by atoms with Crippen molar-refractivity contribution < 1.29 is 4.79 Å². The number of allylic oxidation sites excluding steroid dienone is 2. The summed E-state index contributed by atoms with van der Waals surface area (Å²) in [6.45, 7) is 8.02. The summed E-state index contributed by atoms with van der Waals surface area (Å²) in [6.07, 6.45) is 4.53. The Bertz CT molecular complexity index is 137. The lowest BCUT2D eigenvalue weighted by molar-refractivity contribution is -0.112. The van der Waals surface area contributed by atoms with Crippen molar-refractivity contribution in [3.05, 3.63) is 12.2 Å². The lowest BCUT2D eigenvalue weighted by atomic mass is 9.92. The van der Waals surface area contributed by atoms with E-state index in [2.05, 4.69) is 20.8 Å². The Morgan fingerprint density at radius 1 is 1.40 bits per heavy atom. The number of ketones is 1. The molecule has 0 amide bonds. The molecule has 0 saturated carbocycles. The Hall–Kier alpha value is -0.590. The summed E-state index contributed by atoms with van der Waals surface area (Å²) in [5, 5.41) is 0. The van der Waals surface area contributed by atoms with Crippen LogP contribution in [-0.4, -0.2) is 5.78 Å². The highest BCUT2D eigenvalue weighted by Crippen LogP contribution is 2.18. The Morgan fingerprint density at radius 3 is 2.20 bits per heavy atom. The van der Waals surface area contributed by atoms with Gasteiger partial charge in [-0.3, -0.25) is 4.79 Å². The van der Waals surface area contributed by atoms with E-state index in [-0.39, 0.29) is 5.78 Å². The second-order valence-corrected chi connectivity index (χ2v) is 3.78. The minimum absolute atomic E-state index is 0.129. The first-order valence-electron chi connectivity index (χ1n) is 3.59. The second-order valence-electron chi connectivity index (χ2n) is 3.78. The summed E-state index contributed by atoms with van der Waals surface area (Å²) in [6, 6.07) is 0. The number of carbonyl (C=O) groups excluding carboxylic acids is 1. The Balaban J connectivity index is 3.64. The Labute approximate surface area is 63.1 Å². The molecule has 1 nitrogen and oxygen atoms in total. The zero-order valence-corrected chi connectivity index (χ0v) is 7.27. The van der Waals surface area contributed by atoms with E-state index < -0.39 is 0 Å². The van der Waals surface area contributed by atoms with E-state index in [9.17, 15) is 4.79 Å². The fraction of sp³-hybridized carbons (Fsp3) is 0.667. The molecule has 0 unspecified atom stereocenters. The molecule has 0 aliphatic carbocycles. The van der Waals surface area contributed by atoms with Gasteiger partial charge in [0.2, 0.25) is 0 Å². The van der Waals surface area contributed by atoms with Crippen LogP contribution in [0.15, 0.2) is 12.2 Å². The summed E-state index contributed by atoms with van der Waals surface area (Å²) in [5.74, 6) is 0.129. The van der Waals surface area contributed by atoms with Crippen LogP contribution in [-0.2, 0) is 4.79 Å². The second kappa shape index (κ2) is 3.55. The van der Waals surface area contributed by atoms with Crippen LogP contribution in [0.5, 0.6) is 0 Å². The molecule has 0 aromatic carbocycles. The molecule has 0 aromatic rings. The van der Waals surface area contributed by atoms with Crippen LogP contribution in [0, 0.1) is 5.41 Å². The third-order valence-electron chi connectivity index (χ3n) is 1.08. The first-order chi connectivity index (χ1) is 4.42. The summed E-state index contributed by atoms with van der Waals surface area (Å²) >= 11 is 0. The fourth-order valence-corrected chi connectivity index (χ4v) is 0.578. The predicted octanol–water partition coefficient (Wildman–Crippen LogP) is 2.57. The van der Waals surface area contributed by atoms with E-state index >= 15 is 0 Å². The number of hydrogen-bond acceptors (Lipinski definition) is 1. The zero-order valence-electron chi connectivity index (χ0n) is 7.27. The number of carbonyl (C=O) groups is 1. The van der Waals surface area contributed by atoms with Crippen LogP contribution in [0.3, 0.4) is 0 Å². The van der Waals surface area contributed by atoms with E-state index in [1.54, 1.807) is 13.0 Å². The average Bonchev–Trinajstić information content (AvgIpc) is 1.59. The molecule has 0 spiro atoms. The van der Waals surface area contributed by atoms with E-state index in [1.165, 1.54) is 0 Å². The van der Waals surface area contributed by atoms with Gasteiger partial charge < -0.3 is 0 Å². The molecule has 0 bridgehead atoms. The monoisotopic (exact) mass is 140 g/mol. The summed E-state index contributed by atoms with van der Waals surface area (Å²) in [5.41, 5.74) is 0.298. The molecule has 0 heterocycles. The zero-order chi connectivity index (χ0) is 8.20. The lowest BCUT2D eigenvalue weighted by Crippen LogP contribution is -2.02. The van der Waals surface area contributed by atoms with Gasteiger partial charge in [-0.2, -0.15) is 0 Å². The van der Waals surface area contributed by atoms with Crippen molar-refractivity contribution in [1.29, 1.82) is 0 Å². The number of hydrogen-bond donors (Lipinski definition) is 0. The molecule has 0 aromatic heterocycles. The summed E-state index contributed by atoms with van der Waals surface area (Å²) < 4.78 is 0. The largest absolute Gasteiger partial charge is 0.295 e. The molecule has 0 fully saturated rings. The van der Waals surface area contributed by atoms with Crippen LogP contribution in [0.4, 0.5) is 0 Å². The first-order valence-corrected chi connectivity index (χ1v) is 3.59. The van der Waals surface area contributed by atoms with E-state index in [0.29, 0.717) is 5.41 Å². The molecule has 0 atom stereocenters. The van der Waals surface area contributed by atoms with Crippen molar-refractivity contribution in [2.45, 2.75) is 34.1 Å². The highest BCUT2D eigenvalue weighted by Gasteiger charge is 2.06. The SMILES string of the molecule is CC(=O)/C=C/CC(C)(C)C. The van der Waals surface area contributed by atoms with Gasteiger partial charge in [0.15, 0.2) is 5.78 Å². The topological polar surface area (TPSA) is 17.1 Å². The van der Waals surface area contributed by atoms with Crippen LogP contribution >= 0.6 is 0 Å². The molecule has 10 heavy (non-hydrogen) atoms. The van der Waals surface area contributed by atoms with Gasteiger partial charge in [0.1, 0.15) is 0 Å². The highest BCUT2D eigenvalue weighted by molar-refractivity contribution is 5.87. The van der Waals surface area contributed by atoms with E-state index in [4.69, 9.17) is 0 Å². The van der Waals surface area contributed by atoms with Gasteiger partial charge in [0.05, 0.1) is 0 Å². The van der Waals surface area contributed by atoms with Crippen molar-refractivity contribution in [2.75, 3.05) is 0 Å². The lowest BCUT2D eigenvalue weighted by Gasteiger charge is -2.13. The van der Waals surface area contributed by atoms with Crippen molar-refractivity contribution >= 4 is 5.78 Å². The van der Waals surface area contributed by atoms with Gasteiger partial charge in [0, 0.05) is 0 Å². The van der Waals surface area contributed by atoms with Crippen LogP contribution in [0.2, 0.25) is 0 Å². The normalized spacial score (nSPS) is 12.4. The molecular weight excluding hydrogens is 124 g/mol. The third-order valence-corrected chi connectivity index (χ3v) is 1.08. The minimum atomic E-state index is 0.129. The standard InChI is InChI=1S/C9H16O/c1-8(10)6-5-7-9(2,3)4/h5-6H,7H2,1-4H3/b6-5+. The third kappa shape index (κ3) is 7.41. The molecular formula is C9H16O. The van der Waals surface area contributed by atoms with Gasteiger partial charge in [-0.05, 0) is 24.8 Å².